The molecule has 15 heavy (non-hydrogen) atoms. The molecule has 0 saturated carbocycles. The van der Waals surface area contributed by atoms with Gasteiger partial charge < -0.3 is 16.0 Å². The molecule has 0 aromatic carbocycles. The van der Waals surface area contributed by atoms with Gasteiger partial charge in [0.25, 0.3) is 0 Å². The van der Waals surface area contributed by atoms with Crippen LogP contribution >= 0.6 is 0 Å². The van der Waals surface area contributed by atoms with Gasteiger partial charge in [-0.3, -0.25) is 4.79 Å². The highest BCUT2D eigenvalue weighted by molar-refractivity contribution is 5.75. The van der Waals surface area contributed by atoms with Crippen LogP contribution in [0.5, 0.6) is 0 Å². The van der Waals surface area contributed by atoms with Gasteiger partial charge in [-0.25, -0.2) is 0 Å². The lowest BCUT2D eigenvalue weighted by Crippen LogP contribution is -2.37. The zero-order chi connectivity index (χ0) is 11.5. The van der Waals surface area contributed by atoms with E-state index < -0.39 is 0 Å². The first-order valence-electron chi connectivity index (χ1n) is 5.93. The van der Waals surface area contributed by atoms with Gasteiger partial charge in [0.2, 0.25) is 5.91 Å². The lowest BCUT2D eigenvalue weighted by molar-refractivity contribution is -0.121. The molecule has 90 valence electrons. The number of carbonyl (C=O) groups is 1. The standard InChI is InChI=1S/C11H25N3O/c1-3-5-11(15)13-7-10-14(8-4-2)9-6-12/h3-10,12H2,1-2H3,(H,13,15). The lowest BCUT2D eigenvalue weighted by atomic mass is 10.3. The summed E-state index contributed by atoms with van der Waals surface area (Å²) in [6, 6.07) is 0. The number of nitrogens with zero attached hydrogens (tertiary/aromatic N) is 1. The van der Waals surface area contributed by atoms with Gasteiger partial charge in [0.15, 0.2) is 0 Å². The summed E-state index contributed by atoms with van der Waals surface area (Å²) in [5.41, 5.74) is 5.51. The van der Waals surface area contributed by atoms with E-state index in [-0.39, 0.29) is 5.91 Å². The van der Waals surface area contributed by atoms with Crippen LogP contribution in [-0.4, -0.2) is 43.5 Å². The summed E-state index contributed by atoms with van der Waals surface area (Å²) < 4.78 is 0. The number of amides is 1. The summed E-state index contributed by atoms with van der Waals surface area (Å²) in [4.78, 5) is 13.5. The maximum Gasteiger partial charge on any atom is 0.220 e. The molecule has 0 aromatic rings. The molecule has 0 aliphatic heterocycles. The molecule has 0 atom stereocenters. The molecule has 4 heteroatoms. The first kappa shape index (κ1) is 14.4. The van der Waals surface area contributed by atoms with Crippen molar-refractivity contribution >= 4 is 5.91 Å². The molecule has 0 unspecified atom stereocenters. The van der Waals surface area contributed by atoms with Crippen molar-refractivity contribution in [1.29, 1.82) is 0 Å². The molecule has 0 fully saturated rings. The van der Waals surface area contributed by atoms with Crippen LogP contribution in [0.4, 0.5) is 0 Å². The van der Waals surface area contributed by atoms with Crippen LogP contribution in [0, 0.1) is 0 Å². The molecule has 0 bridgehead atoms. The van der Waals surface area contributed by atoms with E-state index in [9.17, 15) is 4.79 Å². The Balaban J connectivity index is 3.55. The van der Waals surface area contributed by atoms with Crippen molar-refractivity contribution in [3.8, 4) is 0 Å². The quantitative estimate of drug-likeness (QED) is 0.591. The van der Waals surface area contributed by atoms with E-state index in [2.05, 4.69) is 17.1 Å². The highest BCUT2D eigenvalue weighted by Gasteiger charge is 2.03. The minimum absolute atomic E-state index is 0.154. The highest BCUT2D eigenvalue weighted by Crippen LogP contribution is 1.90. The molecule has 0 aliphatic carbocycles. The van der Waals surface area contributed by atoms with Gasteiger partial charge in [0.1, 0.15) is 0 Å². The van der Waals surface area contributed by atoms with Gasteiger partial charge in [-0.15, -0.1) is 0 Å². The molecule has 0 aliphatic rings. The lowest BCUT2D eigenvalue weighted by Gasteiger charge is -2.20. The van der Waals surface area contributed by atoms with Crippen molar-refractivity contribution in [2.75, 3.05) is 32.7 Å². The monoisotopic (exact) mass is 215 g/mol. The van der Waals surface area contributed by atoms with Crippen molar-refractivity contribution in [3.63, 3.8) is 0 Å². The maximum atomic E-state index is 11.2. The number of nitrogens with two attached hydrogens (primary N) is 1. The third-order valence-corrected chi connectivity index (χ3v) is 2.21. The Labute approximate surface area is 93.2 Å². The zero-order valence-electron chi connectivity index (χ0n) is 10.1. The summed E-state index contributed by atoms with van der Waals surface area (Å²) in [5, 5.41) is 2.91. The molecule has 0 rings (SSSR count). The van der Waals surface area contributed by atoms with E-state index in [1.165, 1.54) is 0 Å². The minimum atomic E-state index is 0.154. The fraction of sp³-hybridized carbons (Fsp3) is 0.909. The van der Waals surface area contributed by atoms with Crippen LogP contribution in [0.15, 0.2) is 0 Å². The van der Waals surface area contributed by atoms with Crippen LogP contribution in [0.3, 0.4) is 0 Å². The molecular weight excluding hydrogens is 190 g/mol. The predicted octanol–water partition coefficient (Wildman–Crippen LogP) is 0.573. The first-order chi connectivity index (χ1) is 7.24. The third-order valence-electron chi connectivity index (χ3n) is 2.21. The van der Waals surface area contributed by atoms with Gasteiger partial charge in [0.05, 0.1) is 0 Å². The van der Waals surface area contributed by atoms with E-state index in [1.807, 2.05) is 6.92 Å². The molecule has 0 spiro atoms. The van der Waals surface area contributed by atoms with Gasteiger partial charge in [-0.2, -0.15) is 0 Å². The molecule has 0 saturated heterocycles. The number of rotatable bonds is 9. The molecule has 3 N–H and O–H groups in total. The highest BCUT2D eigenvalue weighted by atomic mass is 16.1. The normalized spacial score (nSPS) is 10.7. The number of hydrogen-bond donors (Lipinski definition) is 2. The Hall–Kier alpha value is -0.610. The van der Waals surface area contributed by atoms with Gasteiger partial charge in [-0.1, -0.05) is 13.8 Å². The SMILES string of the molecule is CCCC(=O)NCCN(CCC)CCN. The summed E-state index contributed by atoms with van der Waals surface area (Å²) in [6.45, 7) is 8.46. The number of carbonyl (C=O) groups excluding carboxylic acids is 1. The fourth-order valence-corrected chi connectivity index (χ4v) is 1.50. The second kappa shape index (κ2) is 9.93. The van der Waals surface area contributed by atoms with Gasteiger partial charge in [-0.05, 0) is 19.4 Å². The average Bonchev–Trinajstić information content (AvgIpc) is 2.19. The maximum absolute atomic E-state index is 11.2. The van der Waals surface area contributed by atoms with Crippen molar-refractivity contribution in [3.05, 3.63) is 0 Å². The second-order valence-corrected chi connectivity index (χ2v) is 3.73. The molecule has 1 amide bonds. The summed E-state index contributed by atoms with van der Waals surface area (Å²) in [5.74, 6) is 0.154. The Morgan fingerprint density at radius 1 is 1.20 bits per heavy atom. The smallest absolute Gasteiger partial charge is 0.220 e. The fourth-order valence-electron chi connectivity index (χ4n) is 1.50. The largest absolute Gasteiger partial charge is 0.355 e. The Morgan fingerprint density at radius 2 is 1.93 bits per heavy atom. The Bertz CT molecular complexity index is 156. The molecular formula is C11H25N3O. The van der Waals surface area contributed by atoms with Crippen LogP contribution in [-0.2, 0) is 4.79 Å². The van der Waals surface area contributed by atoms with Crippen molar-refractivity contribution in [2.45, 2.75) is 33.1 Å². The first-order valence-corrected chi connectivity index (χ1v) is 5.93. The number of nitrogens with one attached hydrogen (secondary N) is 1. The van der Waals surface area contributed by atoms with Crippen LogP contribution in [0.2, 0.25) is 0 Å². The zero-order valence-corrected chi connectivity index (χ0v) is 10.1. The van der Waals surface area contributed by atoms with Crippen LogP contribution in [0.25, 0.3) is 0 Å². The Kier molecular flexibility index (Phi) is 9.52. The van der Waals surface area contributed by atoms with E-state index in [4.69, 9.17) is 5.73 Å². The molecule has 4 nitrogen and oxygen atoms in total. The average molecular weight is 215 g/mol. The predicted molar refractivity (Wildman–Crippen MR) is 63.7 cm³/mol. The van der Waals surface area contributed by atoms with Crippen molar-refractivity contribution in [2.24, 2.45) is 5.73 Å². The topological polar surface area (TPSA) is 58.4 Å². The van der Waals surface area contributed by atoms with Gasteiger partial charge >= 0.3 is 0 Å². The van der Waals surface area contributed by atoms with Crippen LogP contribution < -0.4 is 11.1 Å². The Morgan fingerprint density at radius 3 is 2.47 bits per heavy atom. The summed E-state index contributed by atoms with van der Waals surface area (Å²) in [6.07, 6.45) is 2.67. The minimum Gasteiger partial charge on any atom is -0.355 e. The second-order valence-electron chi connectivity index (χ2n) is 3.73. The molecule has 0 aromatic heterocycles. The third kappa shape index (κ3) is 8.39. The van der Waals surface area contributed by atoms with E-state index in [1.54, 1.807) is 0 Å². The van der Waals surface area contributed by atoms with Crippen LogP contribution in [0.1, 0.15) is 33.1 Å². The summed E-state index contributed by atoms with van der Waals surface area (Å²) in [7, 11) is 0. The van der Waals surface area contributed by atoms with E-state index in [0.29, 0.717) is 13.0 Å². The summed E-state index contributed by atoms with van der Waals surface area (Å²) >= 11 is 0. The molecule has 0 heterocycles. The van der Waals surface area contributed by atoms with E-state index in [0.717, 1.165) is 39.0 Å². The van der Waals surface area contributed by atoms with Crippen molar-refractivity contribution < 1.29 is 4.79 Å². The van der Waals surface area contributed by atoms with Crippen molar-refractivity contribution in [1.82, 2.24) is 10.2 Å². The van der Waals surface area contributed by atoms with E-state index >= 15 is 0 Å². The number of hydrogen-bond acceptors (Lipinski definition) is 3. The van der Waals surface area contributed by atoms with Gasteiger partial charge in [0, 0.05) is 32.6 Å². The molecule has 0 radical (unpaired) electrons.